The molecule has 1 fully saturated rings. The van der Waals surface area contributed by atoms with Gasteiger partial charge in [0, 0.05) is 18.8 Å². The first-order valence-corrected chi connectivity index (χ1v) is 6.64. The summed E-state index contributed by atoms with van der Waals surface area (Å²) in [5.41, 5.74) is 1.27. The van der Waals surface area contributed by atoms with Crippen molar-refractivity contribution in [1.29, 1.82) is 0 Å². The van der Waals surface area contributed by atoms with Crippen molar-refractivity contribution in [2.75, 3.05) is 25.0 Å². The first-order valence-electron chi connectivity index (χ1n) is 6.64. The Bertz CT molecular complexity index is 586. The maximum Gasteiger partial charge on any atom is 0.335 e. The molecule has 0 spiro atoms. The van der Waals surface area contributed by atoms with E-state index in [1.807, 2.05) is 0 Å². The van der Waals surface area contributed by atoms with Crippen LogP contribution < -0.4 is 10.6 Å². The standard InChI is InChI=1S/C14H17N3O4/c1-9-7-10(3-4-11(9)13(19)20)16-14(21)17-6-2-5-15-12(18)8-17/h3-4,7H,2,5-6,8H2,1H3,(H,15,18)(H,16,21)(H,19,20). The first-order chi connectivity index (χ1) is 9.97. The Morgan fingerprint density at radius 2 is 2.14 bits per heavy atom. The fraction of sp³-hybridized carbons (Fsp3) is 0.357. The summed E-state index contributed by atoms with van der Waals surface area (Å²) in [5.74, 6) is -1.19. The molecule has 0 radical (unpaired) electrons. The molecule has 112 valence electrons. The van der Waals surface area contributed by atoms with E-state index in [9.17, 15) is 14.4 Å². The van der Waals surface area contributed by atoms with Gasteiger partial charge in [-0.1, -0.05) is 0 Å². The molecule has 1 aromatic rings. The molecule has 0 aliphatic carbocycles. The molecule has 3 amide bonds. The highest BCUT2D eigenvalue weighted by molar-refractivity contribution is 5.94. The lowest BCUT2D eigenvalue weighted by atomic mass is 10.1. The zero-order chi connectivity index (χ0) is 15.4. The third-order valence-corrected chi connectivity index (χ3v) is 3.26. The number of amides is 3. The van der Waals surface area contributed by atoms with E-state index in [-0.39, 0.29) is 24.0 Å². The summed E-state index contributed by atoms with van der Waals surface area (Å²) in [6, 6.07) is 4.21. The quantitative estimate of drug-likeness (QED) is 0.758. The highest BCUT2D eigenvalue weighted by Gasteiger charge is 2.20. The average Bonchev–Trinajstić information content (AvgIpc) is 2.63. The molecule has 7 heteroatoms. The molecule has 0 bridgehead atoms. The van der Waals surface area contributed by atoms with Crippen molar-refractivity contribution < 1.29 is 19.5 Å². The van der Waals surface area contributed by atoms with Crippen molar-refractivity contribution in [2.24, 2.45) is 0 Å². The molecule has 2 rings (SSSR count). The van der Waals surface area contributed by atoms with Crippen LogP contribution in [0, 0.1) is 6.92 Å². The third-order valence-electron chi connectivity index (χ3n) is 3.26. The average molecular weight is 291 g/mol. The number of benzene rings is 1. The molecule has 0 saturated carbocycles. The molecule has 1 saturated heterocycles. The van der Waals surface area contributed by atoms with Crippen LogP contribution in [0.2, 0.25) is 0 Å². The van der Waals surface area contributed by atoms with Crippen LogP contribution >= 0.6 is 0 Å². The predicted molar refractivity (Wildman–Crippen MR) is 76.4 cm³/mol. The van der Waals surface area contributed by atoms with Gasteiger partial charge in [0.1, 0.15) is 6.54 Å². The summed E-state index contributed by atoms with van der Waals surface area (Å²) in [6.07, 6.45) is 0.705. The number of urea groups is 1. The maximum atomic E-state index is 12.1. The first kappa shape index (κ1) is 14.8. The summed E-state index contributed by atoms with van der Waals surface area (Å²) in [7, 11) is 0. The van der Waals surface area contributed by atoms with E-state index in [0.29, 0.717) is 30.8 Å². The van der Waals surface area contributed by atoms with Gasteiger partial charge in [-0.05, 0) is 37.1 Å². The van der Waals surface area contributed by atoms with E-state index < -0.39 is 5.97 Å². The molecule has 7 nitrogen and oxygen atoms in total. The third kappa shape index (κ3) is 3.71. The van der Waals surface area contributed by atoms with Crippen LogP contribution in [0.25, 0.3) is 0 Å². The number of nitrogens with one attached hydrogen (secondary N) is 2. The van der Waals surface area contributed by atoms with E-state index in [4.69, 9.17) is 5.11 Å². The second-order valence-electron chi connectivity index (χ2n) is 4.89. The van der Waals surface area contributed by atoms with Crippen molar-refractivity contribution in [3.05, 3.63) is 29.3 Å². The van der Waals surface area contributed by atoms with E-state index >= 15 is 0 Å². The number of carboxylic acids is 1. The summed E-state index contributed by atoms with van der Waals surface area (Å²) in [6.45, 7) is 2.75. The monoisotopic (exact) mass is 291 g/mol. The van der Waals surface area contributed by atoms with Gasteiger partial charge in [0.05, 0.1) is 5.56 Å². The van der Waals surface area contributed by atoms with Crippen LogP contribution in [-0.2, 0) is 4.79 Å². The van der Waals surface area contributed by atoms with Gasteiger partial charge < -0.3 is 20.6 Å². The molecular formula is C14H17N3O4. The zero-order valence-corrected chi connectivity index (χ0v) is 11.7. The van der Waals surface area contributed by atoms with Gasteiger partial charge in [-0.15, -0.1) is 0 Å². The largest absolute Gasteiger partial charge is 0.478 e. The van der Waals surface area contributed by atoms with Crippen LogP contribution in [0.3, 0.4) is 0 Å². The number of carbonyl (C=O) groups excluding carboxylic acids is 2. The minimum Gasteiger partial charge on any atom is -0.478 e. The number of nitrogens with zero attached hydrogens (tertiary/aromatic N) is 1. The molecule has 1 aliphatic rings. The number of anilines is 1. The number of carbonyl (C=O) groups is 3. The topological polar surface area (TPSA) is 98.7 Å². The molecule has 1 heterocycles. The van der Waals surface area contributed by atoms with Crippen LogP contribution in [0.15, 0.2) is 18.2 Å². The molecule has 1 aromatic carbocycles. The van der Waals surface area contributed by atoms with Crippen LogP contribution in [0.5, 0.6) is 0 Å². The van der Waals surface area contributed by atoms with E-state index in [2.05, 4.69) is 10.6 Å². The minimum atomic E-state index is -1.01. The molecule has 3 N–H and O–H groups in total. The Hall–Kier alpha value is -2.57. The van der Waals surface area contributed by atoms with Crippen molar-refractivity contribution >= 4 is 23.6 Å². The molecular weight excluding hydrogens is 274 g/mol. The lowest BCUT2D eigenvalue weighted by molar-refractivity contribution is -0.120. The van der Waals surface area contributed by atoms with Gasteiger partial charge in [0.2, 0.25) is 5.91 Å². The molecule has 1 aliphatic heterocycles. The molecule has 21 heavy (non-hydrogen) atoms. The van der Waals surface area contributed by atoms with Gasteiger partial charge in [0.15, 0.2) is 0 Å². The fourth-order valence-electron chi connectivity index (χ4n) is 2.16. The van der Waals surface area contributed by atoms with E-state index in [1.165, 1.54) is 17.0 Å². The fourth-order valence-corrected chi connectivity index (χ4v) is 2.16. The Morgan fingerprint density at radius 1 is 1.38 bits per heavy atom. The Kier molecular flexibility index (Phi) is 4.42. The van der Waals surface area contributed by atoms with Crippen molar-refractivity contribution in [3.63, 3.8) is 0 Å². The molecule has 0 aromatic heterocycles. The Morgan fingerprint density at radius 3 is 2.81 bits per heavy atom. The molecule has 0 unspecified atom stereocenters. The number of hydrogen-bond acceptors (Lipinski definition) is 3. The SMILES string of the molecule is Cc1cc(NC(=O)N2CCCNC(=O)C2)ccc1C(=O)O. The predicted octanol–water partition coefficient (Wildman–Crippen LogP) is 1.05. The highest BCUT2D eigenvalue weighted by atomic mass is 16.4. The van der Waals surface area contributed by atoms with E-state index in [1.54, 1.807) is 13.0 Å². The second-order valence-corrected chi connectivity index (χ2v) is 4.89. The Labute approximate surface area is 121 Å². The van der Waals surface area contributed by atoms with Crippen LogP contribution in [0.1, 0.15) is 22.3 Å². The number of rotatable bonds is 2. The van der Waals surface area contributed by atoms with Crippen molar-refractivity contribution in [1.82, 2.24) is 10.2 Å². The van der Waals surface area contributed by atoms with Gasteiger partial charge in [-0.25, -0.2) is 9.59 Å². The zero-order valence-electron chi connectivity index (χ0n) is 11.7. The van der Waals surface area contributed by atoms with Crippen molar-refractivity contribution in [3.8, 4) is 0 Å². The van der Waals surface area contributed by atoms with Gasteiger partial charge >= 0.3 is 12.0 Å². The minimum absolute atomic E-state index is 0.0258. The number of hydrogen-bond donors (Lipinski definition) is 3. The lowest BCUT2D eigenvalue weighted by Gasteiger charge is -2.19. The van der Waals surface area contributed by atoms with E-state index in [0.717, 1.165) is 0 Å². The lowest BCUT2D eigenvalue weighted by Crippen LogP contribution is -2.39. The van der Waals surface area contributed by atoms with Gasteiger partial charge in [-0.2, -0.15) is 0 Å². The van der Waals surface area contributed by atoms with Gasteiger partial charge in [0.25, 0.3) is 0 Å². The number of aryl methyl sites for hydroxylation is 1. The summed E-state index contributed by atoms with van der Waals surface area (Å²) >= 11 is 0. The summed E-state index contributed by atoms with van der Waals surface area (Å²) in [5, 5.41) is 14.3. The number of aromatic carboxylic acids is 1. The normalized spacial score (nSPS) is 15.1. The summed E-state index contributed by atoms with van der Waals surface area (Å²) < 4.78 is 0. The molecule has 0 atom stereocenters. The summed E-state index contributed by atoms with van der Waals surface area (Å²) in [4.78, 5) is 35.9. The maximum absolute atomic E-state index is 12.1. The highest BCUT2D eigenvalue weighted by Crippen LogP contribution is 2.16. The second kappa shape index (κ2) is 6.25. The van der Waals surface area contributed by atoms with Crippen LogP contribution in [0.4, 0.5) is 10.5 Å². The van der Waals surface area contributed by atoms with Gasteiger partial charge in [-0.3, -0.25) is 4.79 Å². The van der Waals surface area contributed by atoms with Crippen LogP contribution in [-0.4, -0.2) is 47.5 Å². The Balaban J connectivity index is 2.07. The smallest absolute Gasteiger partial charge is 0.335 e. The van der Waals surface area contributed by atoms with Crippen molar-refractivity contribution in [2.45, 2.75) is 13.3 Å². The number of carboxylic acid groups (broad SMARTS) is 1.